The van der Waals surface area contributed by atoms with Crippen molar-refractivity contribution in [1.29, 1.82) is 0 Å². The molecule has 1 atom stereocenters. The number of nitrogens with zero attached hydrogens (tertiary/aromatic N) is 3. The van der Waals surface area contributed by atoms with Crippen LogP contribution in [0.3, 0.4) is 0 Å². The van der Waals surface area contributed by atoms with Crippen LogP contribution in [0, 0.1) is 6.92 Å². The Kier molecular flexibility index (Phi) is 4.24. The van der Waals surface area contributed by atoms with Crippen LogP contribution in [-0.4, -0.2) is 40.3 Å². The Morgan fingerprint density at radius 3 is 2.89 bits per heavy atom. The third-order valence-corrected chi connectivity index (χ3v) is 3.56. The van der Waals surface area contributed by atoms with Crippen molar-refractivity contribution in [1.82, 2.24) is 9.97 Å². The summed E-state index contributed by atoms with van der Waals surface area (Å²) >= 11 is 0. The lowest BCUT2D eigenvalue weighted by Gasteiger charge is -2.23. The minimum Gasteiger partial charge on any atom is -0.390 e. The van der Waals surface area contributed by atoms with Crippen LogP contribution in [0.1, 0.15) is 38.8 Å². The van der Waals surface area contributed by atoms with Gasteiger partial charge in [-0.2, -0.15) is 4.98 Å². The first-order valence-corrected chi connectivity index (χ1v) is 7.07. The molecule has 0 saturated carbocycles. The molecule has 1 saturated heterocycles. The van der Waals surface area contributed by atoms with Gasteiger partial charge in [0.05, 0.1) is 5.60 Å². The molecular weight excluding hydrogens is 240 g/mol. The van der Waals surface area contributed by atoms with Gasteiger partial charge in [-0.25, -0.2) is 4.98 Å². The molecule has 1 unspecified atom stereocenters. The third kappa shape index (κ3) is 3.80. The Labute approximate surface area is 115 Å². The summed E-state index contributed by atoms with van der Waals surface area (Å²) in [5, 5.41) is 13.3. The first-order valence-electron chi connectivity index (χ1n) is 7.07. The molecule has 2 heterocycles. The lowest BCUT2D eigenvalue weighted by molar-refractivity contribution is 0.0481. The van der Waals surface area contributed by atoms with Crippen molar-refractivity contribution in [2.24, 2.45) is 0 Å². The summed E-state index contributed by atoms with van der Waals surface area (Å²) in [4.78, 5) is 11.2. The average Bonchev–Trinajstić information content (AvgIpc) is 2.50. The predicted molar refractivity (Wildman–Crippen MR) is 77.6 cm³/mol. The highest BCUT2D eigenvalue weighted by Crippen LogP contribution is 2.25. The van der Waals surface area contributed by atoms with E-state index in [1.165, 1.54) is 0 Å². The minimum atomic E-state index is -0.540. The zero-order chi connectivity index (χ0) is 13.9. The number of anilines is 2. The lowest BCUT2D eigenvalue weighted by atomic mass is 9.98. The van der Waals surface area contributed by atoms with Gasteiger partial charge in [-0.3, -0.25) is 0 Å². The molecule has 0 aliphatic carbocycles. The number of nitrogens with one attached hydrogen (secondary N) is 1. The molecule has 1 aliphatic heterocycles. The summed E-state index contributed by atoms with van der Waals surface area (Å²) in [5.74, 6) is 1.65. The van der Waals surface area contributed by atoms with E-state index in [0.717, 1.165) is 50.4 Å². The summed E-state index contributed by atoms with van der Waals surface area (Å²) in [6.07, 6.45) is 2.63. The number of aromatic nitrogens is 2. The standard InChI is InChI=1S/C14H24N4O/c1-4-15-13-16-11(2)10-12(17-13)18-8-5-6-14(3,19)7-9-18/h10,19H,4-9H2,1-3H3,(H,15,16,17). The van der Waals surface area contributed by atoms with Gasteiger partial charge in [0.25, 0.3) is 0 Å². The average molecular weight is 264 g/mol. The molecule has 1 aliphatic rings. The van der Waals surface area contributed by atoms with Crippen LogP contribution in [0.4, 0.5) is 11.8 Å². The van der Waals surface area contributed by atoms with Crippen LogP contribution in [0.5, 0.6) is 0 Å². The van der Waals surface area contributed by atoms with Gasteiger partial charge >= 0.3 is 0 Å². The third-order valence-electron chi connectivity index (χ3n) is 3.56. The SMILES string of the molecule is CCNc1nc(C)cc(N2CCCC(C)(O)CC2)n1. The van der Waals surface area contributed by atoms with E-state index >= 15 is 0 Å². The summed E-state index contributed by atoms with van der Waals surface area (Å²) in [6, 6.07) is 2.01. The maximum atomic E-state index is 10.1. The van der Waals surface area contributed by atoms with Crippen molar-refractivity contribution in [3.05, 3.63) is 11.8 Å². The molecule has 1 aromatic heterocycles. The molecule has 0 amide bonds. The van der Waals surface area contributed by atoms with Gasteiger partial charge in [0.1, 0.15) is 5.82 Å². The smallest absolute Gasteiger partial charge is 0.224 e. The molecular formula is C14H24N4O. The van der Waals surface area contributed by atoms with Crippen LogP contribution in [0.25, 0.3) is 0 Å². The molecule has 0 bridgehead atoms. The summed E-state index contributed by atoms with van der Waals surface area (Å²) < 4.78 is 0. The minimum absolute atomic E-state index is 0.540. The van der Waals surface area contributed by atoms with Gasteiger partial charge in [0.15, 0.2) is 0 Å². The molecule has 2 N–H and O–H groups in total. The van der Waals surface area contributed by atoms with Crippen molar-refractivity contribution in [2.75, 3.05) is 29.9 Å². The van der Waals surface area contributed by atoms with Gasteiger partial charge in [-0.1, -0.05) is 0 Å². The van der Waals surface area contributed by atoms with Crippen LogP contribution in [0.2, 0.25) is 0 Å². The second kappa shape index (κ2) is 5.74. The van der Waals surface area contributed by atoms with Crippen LogP contribution in [-0.2, 0) is 0 Å². The topological polar surface area (TPSA) is 61.3 Å². The van der Waals surface area contributed by atoms with E-state index in [4.69, 9.17) is 0 Å². The number of aryl methyl sites for hydroxylation is 1. The number of rotatable bonds is 3. The van der Waals surface area contributed by atoms with E-state index in [1.54, 1.807) is 0 Å². The van der Waals surface area contributed by atoms with Gasteiger partial charge < -0.3 is 15.3 Å². The van der Waals surface area contributed by atoms with Gasteiger partial charge in [-0.05, 0) is 40.0 Å². The van der Waals surface area contributed by atoms with Crippen molar-refractivity contribution in [2.45, 2.75) is 45.6 Å². The molecule has 0 radical (unpaired) electrons. The van der Waals surface area contributed by atoms with E-state index in [0.29, 0.717) is 5.95 Å². The quantitative estimate of drug-likeness (QED) is 0.874. The molecule has 106 valence electrons. The first kappa shape index (κ1) is 14.1. The Morgan fingerprint density at radius 2 is 2.16 bits per heavy atom. The van der Waals surface area contributed by atoms with Crippen LogP contribution in [0.15, 0.2) is 6.07 Å². The largest absolute Gasteiger partial charge is 0.390 e. The van der Waals surface area contributed by atoms with Crippen LogP contribution < -0.4 is 10.2 Å². The fraction of sp³-hybridized carbons (Fsp3) is 0.714. The maximum Gasteiger partial charge on any atom is 0.224 e. The van der Waals surface area contributed by atoms with Gasteiger partial charge in [0.2, 0.25) is 5.95 Å². The van der Waals surface area contributed by atoms with Crippen molar-refractivity contribution < 1.29 is 5.11 Å². The fourth-order valence-corrected chi connectivity index (χ4v) is 2.44. The number of hydrogen-bond acceptors (Lipinski definition) is 5. The zero-order valence-electron chi connectivity index (χ0n) is 12.1. The van der Waals surface area contributed by atoms with Crippen molar-refractivity contribution in [3.63, 3.8) is 0 Å². The highest BCUT2D eigenvalue weighted by molar-refractivity contribution is 5.45. The second-order valence-electron chi connectivity index (χ2n) is 5.56. The van der Waals surface area contributed by atoms with E-state index in [-0.39, 0.29) is 0 Å². The Balaban J connectivity index is 2.16. The molecule has 1 aromatic rings. The van der Waals surface area contributed by atoms with Crippen molar-refractivity contribution in [3.8, 4) is 0 Å². The fourth-order valence-electron chi connectivity index (χ4n) is 2.44. The van der Waals surface area contributed by atoms with E-state index in [1.807, 2.05) is 26.8 Å². The highest BCUT2D eigenvalue weighted by Gasteiger charge is 2.25. The zero-order valence-corrected chi connectivity index (χ0v) is 12.1. The monoisotopic (exact) mass is 264 g/mol. The lowest BCUT2D eigenvalue weighted by Crippen LogP contribution is -2.29. The molecule has 5 nitrogen and oxygen atoms in total. The molecule has 5 heteroatoms. The van der Waals surface area contributed by atoms with Crippen molar-refractivity contribution >= 4 is 11.8 Å². The van der Waals surface area contributed by atoms with Gasteiger partial charge in [-0.15, -0.1) is 0 Å². The summed E-state index contributed by atoms with van der Waals surface area (Å²) in [7, 11) is 0. The normalized spacial score (nSPS) is 24.1. The summed E-state index contributed by atoms with van der Waals surface area (Å²) in [6.45, 7) is 8.55. The van der Waals surface area contributed by atoms with E-state index in [2.05, 4.69) is 20.2 Å². The van der Waals surface area contributed by atoms with E-state index < -0.39 is 5.60 Å². The molecule has 0 spiro atoms. The number of hydrogen-bond donors (Lipinski definition) is 2. The predicted octanol–water partition coefficient (Wildman–Crippen LogP) is 1.96. The van der Waals surface area contributed by atoms with E-state index in [9.17, 15) is 5.11 Å². The van der Waals surface area contributed by atoms with Gasteiger partial charge in [0, 0.05) is 31.4 Å². The molecule has 19 heavy (non-hydrogen) atoms. The Bertz CT molecular complexity index is 433. The van der Waals surface area contributed by atoms with Crippen LogP contribution >= 0.6 is 0 Å². The maximum absolute atomic E-state index is 10.1. The number of aliphatic hydroxyl groups is 1. The Morgan fingerprint density at radius 1 is 1.37 bits per heavy atom. The summed E-state index contributed by atoms with van der Waals surface area (Å²) in [5.41, 5.74) is 0.429. The highest BCUT2D eigenvalue weighted by atomic mass is 16.3. The second-order valence-corrected chi connectivity index (χ2v) is 5.56. The Hall–Kier alpha value is -1.36. The molecule has 2 rings (SSSR count). The first-order chi connectivity index (χ1) is 9.00. The molecule has 0 aromatic carbocycles. The molecule has 1 fully saturated rings.